The lowest BCUT2D eigenvalue weighted by Gasteiger charge is -2.44. The fourth-order valence-corrected chi connectivity index (χ4v) is 4.85. The van der Waals surface area contributed by atoms with Crippen LogP contribution in [0, 0.1) is 0 Å². The molecule has 0 atom stereocenters. The van der Waals surface area contributed by atoms with E-state index in [2.05, 4.69) is 0 Å². The smallest absolute Gasteiger partial charge is 0.460 e. The highest BCUT2D eigenvalue weighted by atomic mass is 32.2. The molecular formula is C19H18F21N2O6S+. The van der Waals surface area contributed by atoms with Crippen LogP contribution in [0.4, 0.5) is 92.2 Å². The summed E-state index contributed by atoms with van der Waals surface area (Å²) in [5, 5.41) is 9.32. The van der Waals surface area contributed by atoms with Crippen molar-refractivity contribution in [1.29, 1.82) is 0 Å². The van der Waals surface area contributed by atoms with Crippen LogP contribution in [0.2, 0.25) is 0 Å². The molecule has 0 heterocycles. The average Bonchev–Trinajstić information content (AvgIpc) is 2.85. The number of carboxylic acid groups (broad SMARTS) is 2. The van der Waals surface area contributed by atoms with E-state index in [-0.39, 0.29) is 0 Å². The zero-order valence-electron chi connectivity index (χ0n) is 23.3. The third kappa shape index (κ3) is 7.12. The molecule has 0 amide bonds. The maximum atomic E-state index is 14.5. The number of halogens is 21. The fraction of sp³-hybridized carbons (Fsp3) is 0.895. The number of rotatable bonds is 18. The second-order valence-electron chi connectivity index (χ2n) is 10.4. The molecule has 2 N–H and O–H groups in total. The van der Waals surface area contributed by atoms with Crippen molar-refractivity contribution in [2.75, 3.05) is 40.3 Å². The summed E-state index contributed by atoms with van der Waals surface area (Å²) >= 11 is 0. The van der Waals surface area contributed by atoms with E-state index < -0.39 is 122 Å². The molecule has 8 nitrogen and oxygen atoms in total. The quantitative estimate of drug-likeness (QED) is 0.140. The highest BCUT2D eigenvalue weighted by Gasteiger charge is 2.98. The molecule has 0 rings (SSSR count). The summed E-state index contributed by atoms with van der Waals surface area (Å²) in [5.41, 5.74) is 0. The zero-order valence-corrected chi connectivity index (χ0v) is 24.1. The largest absolute Gasteiger partial charge is 0.480 e. The standard InChI is InChI=1S/C19H17F21N2O6S/c1-42(2,7-9(45)46)5-3-4-41(6-8(43)44)49(47,48)19(39,40)17(34,35)15(30,31)13(26,27)11(22,23)10(20,21)12(24,25)14(28,29)16(32,33)18(36,37)38/h3-7H2,1-2H3,(H-,43,44,45,46)/p+1. The Labute approximate surface area is 257 Å². The number of hydrogen-bond acceptors (Lipinski definition) is 4. The fourth-order valence-electron chi connectivity index (χ4n) is 3.42. The second-order valence-corrected chi connectivity index (χ2v) is 12.4. The molecular weight excluding hydrogens is 783 g/mol. The Morgan fingerprint density at radius 1 is 0.551 bits per heavy atom. The van der Waals surface area contributed by atoms with Gasteiger partial charge in [-0.15, -0.1) is 0 Å². The number of carboxylic acids is 2. The van der Waals surface area contributed by atoms with E-state index in [0.717, 1.165) is 14.1 Å². The van der Waals surface area contributed by atoms with Gasteiger partial charge < -0.3 is 14.7 Å². The second kappa shape index (κ2) is 12.8. The third-order valence-electron chi connectivity index (χ3n) is 6.19. The molecule has 0 aromatic heterocycles. The van der Waals surface area contributed by atoms with Crippen LogP contribution in [0.5, 0.6) is 0 Å². The normalized spacial score (nSPS) is 15.9. The van der Waals surface area contributed by atoms with Crippen LogP contribution in [0.3, 0.4) is 0 Å². The Bertz CT molecular complexity index is 1350. The molecule has 0 saturated heterocycles. The minimum Gasteiger partial charge on any atom is -0.480 e. The SMILES string of the molecule is C[N+](C)(CCCN(CC(=O)O)S(=O)(=O)C(F)(F)C(F)(F)C(F)(F)C(F)(F)C(F)(F)C(F)(F)C(F)(F)C(F)(F)C(F)(F)C(F)(F)F)CC(=O)O. The maximum Gasteiger partial charge on any atom is 0.460 e. The van der Waals surface area contributed by atoms with Crippen LogP contribution in [0.25, 0.3) is 0 Å². The van der Waals surface area contributed by atoms with Crippen molar-refractivity contribution in [2.24, 2.45) is 0 Å². The lowest BCUT2D eigenvalue weighted by Crippen LogP contribution is -2.77. The van der Waals surface area contributed by atoms with Crippen molar-refractivity contribution < 1.29 is 125 Å². The van der Waals surface area contributed by atoms with Gasteiger partial charge >= 0.3 is 70.7 Å². The molecule has 0 aliphatic heterocycles. The summed E-state index contributed by atoms with van der Waals surface area (Å²) in [6.45, 7) is -6.02. The van der Waals surface area contributed by atoms with Gasteiger partial charge in [-0.25, -0.2) is 13.2 Å². The molecule has 0 fully saturated rings. The maximum absolute atomic E-state index is 14.5. The number of carbonyl (C=O) groups is 2. The average molecular weight is 801 g/mol. The van der Waals surface area contributed by atoms with Gasteiger partial charge in [-0.1, -0.05) is 0 Å². The van der Waals surface area contributed by atoms with E-state index in [4.69, 9.17) is 10.2 Å². The van der Waals surface area contributed by atoms with Gasteiger partial charge in [0, 0.05) is 13.0 Å². The highest BCUT2D eigenvalue weighted by Crippen LogP contribution is 2.66. The van der Waals surface area contributed by atoms with Gasteiger partial charge in [-0.05, 0) is 0 Å². The molecule has 292 valence electrons. The lowest BCUT2D eigenvalue weighted by atomic mass is 9.87. The van der Waals surface area contributed by atoms with Gasteiger partial charge in [0.05, 0.1) is 20.6 Å². The van der Waals surface area contributed by atoms with Crippen molar-refractivity contribution in [1.82, 2.24) is 4.31 Å². The molecule has 30 heteroatoms. The Hall–Kier alpha value is -2.66. The summed E-state index contributed by atoms with van der Waals surface area (Å²) in [4.78, 5) is 21.7. The zero-order chi connectivity index (χ0) is 40.3. The van der Waals surface area contributed by atoms with Crippen molar-refractivity contribution >= 4 is 22.0 Å². The monoisotopic (exact) mass is 801 g/mol. The molecule has 0 unspecified atom stereocenters. The van der Waals surface area contributed by atoms with Crippen LogP contribution < -0.4 is 0 Å². The van der Waals surface area contributed by atoms with Crippen LogP contribution in [0.15, 0.2) is 0 Å². The molecule has 0 aliphatic rings. The lowest BCUT2D eigenvalue weighted by molar-refractivity contribution is -0.883. The number of aliphatic carboxylic acids is 2. The molecule has 0 saturated carbocycles. The third-order valence-corrected chi connectivity index (χ3v) is 8.09. The minimum atomic E-state index is -9.49. The first kappa shape index (κ1) is 46.3. The first-order valence-electron chi connectivity index (χ1n) is 11.7. The molecule has 0 radical (unpaired) electrons. The first-order chi connectivity index (χ1) is 20.9. The van der Waals surface area contributed by atoms with Gasteiger partial charge in [-0.3, -0.25) is 4.79 Å². The van der Waals surface area contributed by atoms with Gasteiger partial charge in [0.25, 0.3) is 10.0 Å². The molecule has 0 aromatic carbocycles. The van der Waals surface area contributed by atoms with E-state index in [1.54, 1.807) is 0 Å². The predicted molar refractivity (Wildman–Crippen MR) is 113 cm³/mol. The van der Waals surface area contributed by atoms with E-state index in [1.807, 2.05) is 0 Å². The topological polar surface area (TPSA) is 112 Å². The Morgan fingerprint density at radius 3 is 1.14 bits per heavy atom. The van der Waals surface area contributed by atoms with Crippen molar-refractivity contribution in [3.05, 3.63) is 0 Å². The van der Waals surface area contributed by atoms with Gasteiger partial charge in [-0.2, -0.15) is 96.5 Å². The molecule has 0 spiro atoms. The summed E-state index contributed by atoms with van der Waals surface area (Å²) in [6.07, 6.45) is -9.24. The summed E-state index contributed by atoms with van der Waals surface area (Å²) in [6, 6.07) is 0. The van der Waals surface area contributed by atoms with Crippen molar-refractivity contribution in [2.45, 2.75) is 65.2 Å². The van der Waals surface area contributed by atoms with Crippen LogP contribution in [-0.4, -0.2) is 138 Å². The number of likely N-dealkylation sites (N-methyl/N-ethyl adjacent to an activating group) is 1. The van der Waals surface area contributed by atoms with Crippen molar-refractivity contribution in [3.63, 3.8) is 0 Å². The van der Waals surface area contributed by atoms with E-state index >= 15 is 0 Å². The Balaban J connectivity index is 7.21. The van der Waals surface area contributed by atoms with E-state index in [1.165, 1.54) is 0 Å². The number of sulfonamides is 1. The Morgan fingerprint density at radius 2 is 0.857 bits per heavy atom. The van der Waals surface area contributed by atoms with E-state index in [0.29, 0.717) is 0 Å². The summed E-state index contributed by atoms with van der Waals surface area (Å²) in [7, 11) is -6.01. The predicted octanol–water partition coefficient (Wildman–Crippen LogP) is 5.49. The molecule has 0 aliphatic carbocycles. The van der Waals surface area contributed by atoms with E-state index in [9.17, 15) is 110 Å². The molecule has 49 heavy (non-hydrogen) atoms. The minimum absolute atomic E-state index is 0.748. The van der Waals surface area contributed by atoms with Gasteiger partial charge in [0.1, 0.15) is 6.54 Å². The number of hydrogen-bond donors (Lipinski definition) is 2. The van der Waals surface area contributed by atoms with Crippen LogP contribution in [-0.2, 0) is 19.6 Å². The number of nitrogens with zero attached hydrogens (tertiary/aromatic N) is 2. The highest BCUT2D eigenvalue weighted by molar-refractivity contribution is 7.90. The van der Waals surface area contributed by atoms with Gasteiger partial charge in [0.2, 0.25) is 0 Å². The summed E-state index contributed by atoms with van der Waals surface area (Å²) in [5.74, 6) is -77.7. The molecule has 0 aromatic rings. The Kier molecular flexibility index (Phi) is 12.1. The van der Waals surface area contributed by atoms with Crippen LogP contribution >= 0.6 is 0 Å². The van der Waals surface area contributed by atoms with Crippen LogP contribution in [0.1, 0.15) is 6.42 Å². The summed E-state index contributed by atoms with van der Waals surface area (Å²) < 4.78 is 308. The number of alkyl halides is 21. The first-order valence-corrected chi connectivity index (χ1v) is 13.1. The van der Waals surface area contributed by atoms with Crippen molar-refractivity contribution in [3.8, 4) is 0 Å². The molecule has 0 bridgehead atoms. The number of quaternary nitrogens is 1. The van der Waals surface area contributed by atoms with Gasteiger partial charge in [0.15, 0.2) is 6.54 Å².